The third kappa shape index (κ3) is 5.94. The maximum atomic E-state index is 16.4. The van der Waals surface area contributed by atoms with Crippen molar-refractivity contribution in [2.75, 3.05) is 29.6 Å². The number of ether oxygens (including phenoxy) is 2. The number of anilines is 2. The Balaban J connectivity index is 1.17. The average molecular weight is 704 g/mol. The molecule has 4 aromatic rings. The van der Waals surface area contributed by atoms with Crippen LogP contribution >= 0.6 is 11.6 Å². The van der Waals surface area contributed by atoms with E-state index in [4.69, 9.17) is 21.1 Å². The Hall–Kier alpha value is -4.10. The van der Waals surface area contributed by atoms with E-state index in [1.165, 1.54) is 0 Å². The SMILES string of the molecule is C[C@H]1[C@H]([Si](C)(C)F)[C@@H](CCn2cc(C(CO)c3ccccc3)nn2)O[C@]12C(=O)N(Cc1cccc(N3CCOC3=O)c1)c1ccc(Cl)cc12. The maximum Gasteiger partial charge on any atom is 0.414 e. The summed E-state index contributed by atoms with van der Waals surface area (Å²) in [4.78, 5) is 30.3. The minimum absolute atomic E-state index is 0.117. The number of aryl methyl sites for hydroxylation is 1. The number of hydrogen-bond donors (Lipinski definition) is 1. The summed E-state index contributed by atoms with van der Waals surface area (Å²) < 4.78 is 30.1. The van der Waals surface area contributed by atoms with Crippen molar-refractivity contribution in [3.8, 4) is 0 Å². The van der Waals surface area contributed by atoms with Gasteiger partial charge >= 0.3 is 6.09 Å². The lowest BCUT2D eigenvalue weighted by atomic mass is 9.82. The number of nitrogens with zero attached hydrogens (tertiary/aromatic N) is 5. The summed E-state index contributed by atoms with van der Waals surface area (Å²) in [6.07, 6.45) is 1.25. The predicted octanol–water partition coefficient (Wildman–Crippen LogP) is 6.42. The second-order valence-electron chi connectivity index (χ2n) is 13.6. The molecule has 1 N–H and O–H groups in total. The molecule has 0 radical (unpaired) electrons. The van der Waals surface area contributed by atoms with Gasteiger partial charge in [0.1, 0.15) is 6.61 Å². The molecule has 5 atom stereocenters. The van der Waals surface area contributed by atoms with Gasteiger partial charge in [0, 0.05) is 40.5 Å². The number of fused-ring (bicyclic) bond motifs is 2. The van der Waals surface area contributed by atoms with Crippen molar-refractivity contribution in [1.29, 1.82) is 0 Å². The van der Waals surface area contributed by atoms with Gasteiger partial charge in [0.25, 0.3) is 5.91 Å². The van der Waals surface area contributed by atoms with Crippen LogP contribution in [0.2, 0.25) is 23.7 Å². The highest BCUT2D eigenvalue weighted by atomic mass is 35.5. The number of aliphatic hydroxyl groups is 1. The van der Waals surface area contributed by atoms with Crippen LogP contribution in [0.3, 0.4) is 0 Å². The highest BCUT2D eigenvalue weighted by Crippen LogP contribution is 2.60. The first-order chi connectivity index (χ1) is 23.5. The van der Waals surface area contributed by atoms with E-state index in [-0.39, 0.29) is 25.0 Å². The van der Waals surface area contributed by atoms with Gasteiger partial charge < -0.3 is 23.6 Å². The molecular weight excluding hydrogens is 665 g/mol. The maximum absolute atomic E-state index is 16.4. The van der Waals surface area contributed by atoms with Gasteiger partial charge in [-0.25, -0.2) is 4.79 Å². The van der Waals surface area contributed by atoms with E-state index in [9.17, 15) is 14.7 Å². The molecule has 1 unspecified atom stereocenters. The van der Waals surface area contributed by atoms with Crippen molar-refractivity contribution in [2.45, 2.75) is 62.7 Å². The summed E-state index contributed by atoms with van der Waals surface area (Å²) >= 11 is 6.55. The topological polar surface area (TPSA) is 110 Å². The zero-order valence-electron chi connectivity index (χ0n) is 27.6. The van der Waals surface area contributed by atoms with E-state index < -0.39 is 37.7 Å². The van der Waals surface area contributed by atoms with Gasteiger partial charge in [0.2, 0.25) is 8.41 Å². The van der Waals surface area contributed by atoms with Gasteiger partial charge in [0.15, 0.2) is 5.60 Å². The fourth-order valence-electron chi connectivity index (χ4n) is 7.98. The molecule has 49 heavy (non-hydrogen) atoms. The molecule has 2 saturated heterocycles. The highest BCUT2D eigenvalue weighted by Gasteiger charge is 2.66. The van der Waals surface area contributed by atoms with Crippen LogP contribution in [0.15, 0.2) is 79.0 Å². The van der Waals surface area contributed by atoms with Crippen molar-refractivity contribution in [2.24, 2.45) is 5.92 Å². The lowest BCUT2D eigenvalue weighted by molar-refractivity contribution is -0.146. The minimum atomic E-state index is -3.39. The first kappa shape index (κ1) is 33.4. The first-order valence-corrected chi connectivity index (χ1v) is 19.9. The number of carbonyl (C=O) groups excluding carboxylic acids is 2. The molecule has 1 spiro atoms. The molecule has 0 bridgehead atoms. The van der Waals surface area contributed by atoms with Gasteiger partial charge in [-0.2, -0.15) is 0 Å². The Bertz CT molecular complexity index is 1870. The molecule has 4 heterocycles. The number of benzene rings is 3. The Morgan fingerprint density at radius 3 is 2.61 bits per heavy atom. The molecule has 0 saturated carbocycles. The summed E-state index contributed by atoms with van der Waals surface area (Å²) in [7, 11) is -3.39. The number of aliphatic hydroxyl groups excluding tert-OH is 1. The summed E-state index contributed by atoms with van der Waals surface area (Å²) in [5.41, 5.74) is 2.47. The average Bonchev–Trinajstić information content (AvgIpc) is 3.84. The van der Waals surface area contributed by atoms with Gasteiger partial charge in [0.05, 0.1) is 43.1 Å². The molecule has 256 valence electrons. The van der Waals surface area contributed by atoms with Crippen LogP contribution in [0.25, 0.3) is 0 Å². The van der Waals surface area contributed by atoms with E-state index >= 15 is 4.11 Å². The molecule has 3 aliphatic rings. The Morgan fingerprint density at radius 1 is 1.10 bits per heavy atom. The fraction of sp³-hybridized carbons (Fsp3) is 0.389. The van der Waals surface area contributed by atoms with Crippen LogP contribution < -0.4 is 9.80 Å². The number of halogens is 2. The van der Waals surface area contributed by atoms with Crippen LogP contribution in [0.5, 0.6) is 0 Å². The number of carbonyl (C=O) groups is 2. The van der Waals surface area contributed by atoms with Gasteiger partial charge in [-0.15, -0.1) is 5.10 Å². The van der Waals surface area contributed by atoms with E-state index in [0.29, 0.717) is 53.8 Å². The van der Waals surface area contributed by atoms with E-state index in [1.807, 2.05) is 73.8 Å². The summed E-state index contributed by atoms with van der Waals surface area (Å²) in [5, 5.41) is 19.3. The Morgan fingerprint density at radius 2 is 1.90 bits per heavy atom. The lowest BCUT2D eigenvalue weighted by Crippen LogP contribution is -2.45. The molecule has 10 nitrogen and oxygen atoms in total. The Labute approximate surface area is 290 Å². The third-order valence-corrected chi connectivity index (χ3v) is 12.9. The van der Waals surface area contributed by atoms with Crippen LogP contribution in [0, 0.1) is 5.92 Å². The number of rotatable bonds is 10. The summed E-state index contributed by atoms with van der Waals surface area (Å²) in [6.45, 7) is 6.55. The molecule has 13 heteroatoms. The van der Waals surface area contributed by atoms with Crippen LogP contribution in [0.4, 0.5) is 20.3 Å². The van der Waals surface area contributed by atoms with E-state index in [2.05, 4.69) is 10.3 Å². The quantitative estimate of drug-likeness (QED) is 0.150. The molecule has 1 aromatic heterocycles. The number of aromatic nitrogens is 3. The van der Waals surface area contributed by atoms with Crippen molar-refractivity contribution in [1.82, 2.24) is 15.0 Å². The van der Waals surface area contributed by atoms with Crippen molar-refractivity contribution in [3.63, 3.8) is 0 Å². The van der Waals surface area contributed by atoms with Crippen LogP contribution in [0.1, 0.15) is 41.6 Å². The number of amides is 2. The predicted molar refractivity (Wildman–Crippen MR) is 186 cm³/mol. The summed E-state index contributed by atoms with van der Waals surface area (Å²) in [5.74, 6) is -1.06. The monoisotopic (exact) mass is 703 g/mol. The highest BCUT2D eigenvalue weighted by molar-refractivity contribution is 6.72. The second kappa shape index (κ2) is 13.0. The number of hydrogen-bond acceptors (Lipinski definition) is 7. The lowest BCUT2D eigenvalue weighted by Gasteiger charge is -2.31. The molecule has 0 aliphatic carbocycles. The van der Waals surface area contributed by atoms with Crippen molar-refractivity contribution in [3.05, 3.63) is 106 Å². The second-order valence-corrected chi connectivity index (χ2v) is 17.8. The Kier molecular flexibility index (Phi) is 8.84. The molecule has 7 rings (SSSR count). The number of cyclic esters (lactones) is 1. The zero-order valence-corrected chi connectivity index (χ0v) is 29.4. The minimum Gasteiger partial charge on any atom is -0.447 e. The van der Waals surface area contributed by atoms with Crippen LogP contribution in [-0.4, -0.2) is 66.4 Å². The largest absolute Gasteiger partial charge is 0.447 e. The molecule has 3 aromatic carbocycles. The van der Waals surface area contributed by atoms with Crippen molar-refractivity contribution < 1.29 is 28.3 Å². The summed E-state index contributed by atoms with van der Waals surface area (Å²) in [6, 6.07) is 22.5. The molecule has 3 aliphatic heterocycles. The fourth-order valence-corrected chi connectivity index (χ4v) is 10.7. The smallest absolute Gasteiger partial charge is 0.414 e. The van der Waals surface area contributed by atoms with Gasteiger partial charge in [-0.3, -0.25) is 14.4 Å². The normalized spacial score (nSPS) is 24.2. The molecule has 2 fully saturated rings. The van der Waals surface area contributed by atoms with Crippen molar-refractivity contribution >= 4 is 43.4 Å². The van der Waals surface area contributed by atoms with E-state index in [1.54, 1.807) is 39.7 Å². The zero-order chi connectivity index (χ0) is 34.5. The van der Waals surface area contributed by atoms with Gasteiger partial charge in [-0.1, -0.05) is 66.2 Å². The van der Waals surface area contributed by atoms with Crippen LogP contribution in [-0.2, 0) is 33.0 Å². The third-order valence-electron chi connectivity index (χ3n) is 10.2. The molecule has 2 amide bonds. The molecular formula is C36H39ClFN5O5Si. The standard InChI is InChI=1S/C36H39ClFN5O5Si/c1-23-33(49(2,3)38)32(14-15-41-21-30(39-40-41)28(22-44)25-9-5-4-6-10-25)48-36(23)29-19-26(37)12-13-31(29)43(34(36)45)20-24-8-7-11-27(18-24)42-16-17-47-35(42)46/h4-13,18-19,21,23,28,32-33,44H,14-17,20,22H2,1-3H3/t23-,28?,32+,33-,36+/m0/s1. The van der Waals surface area contributed by atoms with E-state index in [0.717, 1.165) is 11.1 Å². The van der Waals surface area contributed by atoms with Gasteiger partial charge in [-0.05, 0) is 61.0 Å². The first-order valence-electron chi connectivity index (χ1n) is 16.6.